The van der Waals surface area contributed by atoms with Gasteiger partial charge in [0.2, 0.25) is 5.91 Å². The number of nitrogens with zero attached hydrogens (tertiary/aromatic N) is 1. The lowest BCUT2D eigenvalue weighted by Gasteiger charge is -2.35. The molecule has 142 valence electrons. The van der Waals surface area contributed by atoms with Crippen LogP contribution in [0, 0.1) is 0 Å². The lowest BCUT2D eigenvalue weighted by atomic mass is 10.0. The van der Waals surface area contributed by atoms with E-state index in [4.69, 9.17) is 9.15 Å². The second kappa shape index (κ2) is 7.71. The molecule has 0 unspecified atom stereocenters. The number of fused-ring (bicyclic) bond motifs is 3. The number of nitrogens with one attached hydrogen (secondary N) is 1. The summed E-state index contributed by atoms with van der Waals surface area (Å²) in [5.41, 5.74) is 1.76. The second-order valence-electron chi connectivity index (χ2n) is 7.46. The number of carbonyl (C=O) groups is 1. The van der Waals surface area contributed by atoms with Gasteiger partial charge < -0.3 is 14.5 Å². The first-order chi connectivity index (χ1) is 13.1. The molecule has 2 atom stereocenters. The predicted octanol–water partition coefficient (Wildman–Crippen LogP) is 3.35. The van der Waals surface area contributed by atoms with Crippen molar-refractivity contribution in [1.29, 1.82) is 0 Å². The number of rotatable bonds is 5. The van der Waals surface area contributed by atoms with Gasteiger partial charge in [-0.05, 0) is 30.7 Å². The van der Waals surface area contributed by atoms with E-state index in [0.717, 1.165) is 46.9 Å². The van der Waals surface area contributed by atoms with Crippen molar-refractivity contribution in [2.24, 2.45) is 0 Å². The van der Waals surface area contributed by atoms with Gasteiger partial charge in [-0.3, -0.25) is 9.69 Å². The summed E-state index contributed by atoms with van der Waals surface area (Å²) in [4.78, 5) is 14.8. The molecule has 1 aliphatic heterocycles. The lowest BCUT2D eigenvalue weighted by Crippen LogP contribution is -2.48. The highest BCUT2D eigenvalue weighted by Crippen LogP contribution is 2.30. The maximum Gasteiger partial charge on any atom is 0.224 e. The number of ether oxygens (including phenoxy) is 1. The van der Waals surface area contributed by atoms with Crippen molar-refractivity contribution in [1.82, 2.24) is 10.2 Å². The molecule has 0 radical (unpaired) electrons. The number of benzene rings is 2. The third kappa shape index (κ3) is 3.99. The molecule has 0 bridgehead atoms. The Morgan fingerprint density at radius 2 is 1.93 bits per heavy atom. The number of hydrogen-bond acceptors (Lipinski definition) is 4. The Hall–Kier alpha value is -2.37. The van der Waals surface area contributed by atoms with Crippen LogP contribution in [0.5, 0.6) is 0 Å². The van der Waals surface area contributed by atoms with Gasteiger partial charge in [0.15, 0.2) is 0 Å². The third-order valence-corrected chi connectivity index (χ3v) is 5.14. The summed E-state index contributed by atoms with van der Waals surface area (Å²) in [7, 11) is 0. The summed E-state index contributed by atoms with van der Waals surface area (Å²) in [5, 5.41) is 6.37. The molecule has 1 saturated heterocycles. The highest BCUT2D eigenvalue weighted by Gasteiger charge is 2.21. The van der Waals surface area contributed by atoms with Crippen molar-refractivity contribution in [2.75, 3.05) is 26.2 Å². The summed E-state index contributed by atoms with van der Waals surface area (Å²) in [6, 6.07) is 12.2. The molecule has 2 heterocycles. The van der Waals surface area contributed by atoms with Gasteiger partial charge in [-0.15, -0.1) is 0 Å². The van der Waals surface area contributed by atoms with Crippen molar-refractivity contribution in [3.63, 3.8) is 0 Å². The van der Waals surface area contributed by atoms with Crippen LogP contribution in [0.4, 0.5) is 0 Å². The minimum atomic E-state index is 0.0278. The smallest absolute Gasteiger partial charge is 0.224 e. The predicted molar refractivity (Wildman–Crippen MR) is 107 cm³/mol. The minimum absolute atomic E-state index is 0.0278. The normalized spacial score (nSPS) is 21.0. The molecule has 1 N–H and O–H groups in total. The van der Waals surface area contributed by atoms with Crippen molar-refractivity contribution < 1.29 is 13.9 Å². The van der Waals surface area contributed by atoms with Gasteiger partial charge in [-0.25, -0.2) is 0 Å². The monoisotopic (exact) mass is 366 g/mol. The number of hydrogen-bond donors (Lipinski definition) is 1. The fraction of sp³-hybridized carbons (Fsp3) is 0.409. The number of morpholine rings is 1. The van der Waals surface area contributed by atoms with E-state index in [0.29, 0.717) is 13.0 Å². The molecule has 5 heteroatoms. The maximum absolute atomic E-state index is 12.5. The van der Waals surface area contributed by atoms with Crippen molar-refractivity contribution >= 4 is 27.6 Å². The fourth-order valence-corrected chi connectivity index (χ4v) is 4.06. The highest BCUT2D eigenvalue weighted by molar-refractivity contribution is 6.08. The summed E-state index contributed by atoms with van der Waals surface area (Å²) in [5.74, 6) is 0.0278. The molecule has 1 fully saturated rings. The van der Waals surface area contributed by atoms with Gasteiger partial charge in [0.1, 0.15) is 5.58 Å². The van der Waals surface area contributed by atoms with E-state index in [-0.39, 0.29) is 18.1 Å². The fourth-order valence-electron chi connectivity index (χ4n) is 4.06. The van der Waals surface area contributed by atoms with Crippen LogP contribution in [-0.2, 0) is 16.0 Å². The van der Waals surface area contributed by atoms with E-state index >= 15 is 0 Å². The second-order valence-corrected chi connectivity index (χ2v) is 7.46. The number of amides is 1. The van der Waals surface area contributed by atoms with Crippen molar-refractivity contribution in [3.05, 3.63) is 48.2 Å². The third-order valence-electron chi connectivity index (χ3n) is 5.14. The minimum Gasteiger partial charge on any atom is -0.464 e. The van der Waals surface area contributed by atoms with Crippen LogP contribution in [0.15, 0.2) is 47.1 Å². The Morgan fingerprint density at radius 3 is 2.74 bits per heavy atom. The molecule has 3 aromatic rings. The van der Waals surface area contributed by atoms with Crippen LogP contribution >= 0.6 is 0 Å². The molecular formula is C22H26N2O3. The largest absolute Gasteiger partial charge is 0.464 e. The highest BCUT2D eigenvalue weighted by atomic mass is 16.5. The Bertz CT molecular complexity index is 939. The first-order valence-corrected chi connectivity index (χ1v) is 9.62. The van der Waals surface area contributed by atoms with Crippen LogP contribution in [-0.4, -0.2) is 49.2 Å². The van der Waals surface area contributed by atoms with Crippen LogP contribution in [0.3, 0.4) is 0 Å². The van der Waals surface area contributed by atoms with Crippen LogP contribution in [0.1, 0.15) is 19.4 Å². The first kappa shape index (κ1) is 18.0. The number of furan rings is 1. The van der Waals surface area contributed by atoms with Crippen molar-refractivity contribution in [3.8, 4) is 0 Å². The van der Waals surface area contributed by atoms with E-state index in [1.807, 2.05) is 18.2 Å². The van der Waals surface area contributed by atoms with Gasteiger partial charge >= 0.3 is 0 Å². The van der Waals surface area contributed by atoms with Gasteiger partial charge in [-0.2, -0.15) is 0 Å². The standard InChI is InChI=1S/C22H26N2O3/c1-15-12-24(13-16(2)27-15)10-9-23-21(25)11-18-14-26-20-8-7-17-5-3-4-6-19(17)22(18)20/h3-8,14-16H,9-13H2,1-2H3,(H,23,25)/t15-,16-/m0/s1. The van der Waals surface area contributed by atoms with E-state index in [2.05, 4.69) is 42.3 Å². The zero-order valence-corrected chi connectivity index (χ0v) is 15.9. The zero-order chi connectivity index (χ0) is 18.8. The Morgan fingerprint density at radius 1 is 1.15 bits per heavy atom. The van der Waals surface area contributed by atoms with Gasteiger partial charge in [-0.1, -0.05) is 30.3 Å². The average molecular weight is 366 g/mol. The summed E-state index contributed by atoms with van der Waals surface area (Å²) < 4.78 is 11.4. The molecule has 2 aromatic carbocycles. The molecule has 27 heavy (non-hydrogen) atoms. The van der Waals surface area contributed by atoms with Crippen LogP contribution in [0.2, 0.25) is 0 Å². The molecule has 1 aliphatic rings. The molecule has 1 aromatic heterocycles. The van der Waals surface area contributed by atoms with E-state index in [9.17, 15) is 4.79 Å². The van der Waals surface area contributed by atoms with E-state index in [1.54, 1.807) is 6.26 Å². The Kier molecular flexibility index (Phi) is 5.14. The molecule has 1 amide bonds. The zero-order valence-electron chi connectivity index (χ0n) is 15.9. The summed E-state index contributed by atoms with van der Waals surface area (Å²) in [6.45, 7) is 7.51. The van der Waals surface area contributed by atoms with Gasteiger partial charge in [0.05, 0.1) is 24.9 Å². The molecular weight excluding hydrogens is 340 g/mol. The SMILES string of the molecule is C[C@H]1CN(CCNC(=O)Cc2coc3ccc4ccccc4c23)C[C@H](C)O1. The average Bonchev–Trinajstić information content (AvgIpc) is 3.04. The van der Waals surface area contributed by atoms with Crippen molar-refractivity contribution in [2.45, 2.75) is 32.5 Å². The lowest BCUT2D eigenvalue weighted by molar-refractivity contribution is -0.120. The quantitative estimate of drug-likeness (QED) is 0.752. The maximum atomic E-state index is 12.5. The van der Waals surface area contributed by atoms with E-state index < -0.39 is 0 Å². The molecule has 5 nitrogen and oxygen atoms in total. The molecule has 0 aliphatic carbocycles. The van der Waals surface area contributed by atoms with Gasteiger partial charge in [0.25, 0.3) is 0 Å². The van der Waals surface area contributed by atoms with E-state index in [1.165, 1.54) is 0 Å². The van der Waals surface area contributed by atoms with Crippen LogP contribution < -0.4 is 5.32 Å². The summed E-state index contributed by atoms with van der Waals surface area (Å²) in [6.07, 6.45) is 2.53. The summed E-state index contributed by atoms with van der Waals surface area (Å²) >= 11 is 0. The molecule has 4 rings (SSSR count). The molecule has 0 saturated carbocycles. The van der Waals surface area contributed by atoms with Gasteiger partial charge in [0, 0.05) is 37.1 Å². The topological polar surface area (TPSA) is 54.7 Å². The first-order valence-electron chi connectivity index (χ1n) is 9.62. The Labute approximate surface area is 159 Å². The number of carbonyl (C=O) groups excluding carboxylic acids is 1. The molecule has 0 spiro atoms. The van der Waals surface area contributed by atoms with Crippen LogP contribution in [0.25, 0.3) is 21.7 Å². The Balaban J connectivity index is 1.39.